The zero-order valence-corrected chi connectivity index (χ0v) is 12.2. The third-order valence-corrected chi connectivity index (χ3v) is 3.17. The Balaban J connectivity index is 1.68. The lowest BCUT2D eigenvalue weighted by Crippen LogP contribution is -2.33. The summed E-state index contributed by atoms with van der Waals surface area (Å²) in [7, 11) is 0. The summed E-state index contributed by atoms with van der Waals surface area (Å²) < 4.78 is 5.45. The van der Waals surface area contributed by atoms with Gasteiger partial charge in [0, 0.05) is 0 Å². The van der Waals surface area contributed by atoms with Gasteiger partial charge in [-0.15, -0.1) is 10.2 Å². The predicted molar refractivity (Wildman–Crippen MR) is 82.5 cm³/mol. The van der Waals surface area contributed by atoms with Crippen LogP contribution in [0.4, 0.5) is 0 Å². The summed E-state index contributed by atoms with van der Waals surface area (Å²) in [5.41, 5.74) is 0.863. The van der Waals surface area contributed by atoms with Crippen molar-refractivity contribution in [1.82, 2.24) is 25.9 Å². The normalized spacial score (nSPS) is 11.7. The number of benzene rings is 2. The quantitative estimate of drug-likeness (QED) is 0.719. The Morgan fingerprint density at radius 3 is 2.43 bits per heavy atom. The highest BCUT2D eigenvalue weighted by molar-refractivity contribution is 5.78. The van der Waals surface area contributed by atoms with Crippen molar-refractivity contribution in [3.05, 3.63) is 72.1 Å². The van der Waals surface area contributed by atoms with E-state index in [0.29, 0.717) is 11.6 Å². The maximum atomic E-state index is 12.2. The zero-order valence-electron chi connectivity index (χ0n) is 12.2. The number of ether oxygens (including phenoxy) is 1. The van der Waals surface area contributed by atoms with Crippen molar-refractivity contribution in [2.75, 3.05) is 6.61 Å². The van der Waals surface area contributed by atoms with Gasteiger partial charge in [-0.25, -0.2) is 0 Å². The minimum Gasteiger partial charge on any atom is -0.484 e. The predicted octanol–water partition coefficient (Wildman–Crippen LogP) is 1.48. The first-order chi connectivity index (χ1) is 11.3. The molecule has 1 heterocycles. The van der Waals surface area contributed by atoms with E-state index < -0.39 is 6.04 Å². The number of aromatic nitrogens is 4. The topological polar surface area (TPSA) is 92.8 Å². The fourth-order valence-electron chi connectivity index (χ4n) is 2.10. The highest BCUT2D eigenvalue weighted by atomic mass is 16.5. The van der Waals surface area contributed by atoms with Gasteiger partial charge < -0.3 is 10.1 Å². The second-order valence-electron chi connectivity index (χ2n) is 4.78. The molecule has 0 fully saturated rings. The smallest absolute Gasteiger partial charge is 0.258 e. The van der Waals surface area contributed by atoms with Gasteiger partial charge in [-0.3, -0.25) is 4.79 Å². The van der Waals surface area contributed by atoms with Crippen LogP contribution in [0.15, 0.2) is 60.7 Å². The molecule has 0 radical (unpaired) electrons. The molecule has 3 aromatic rings. The second kappa shape index (κ2) is 7.17. The molecular weight excluding hydrogens is 294 g/mol. The lowest BCUT2D eigenvalue weighted by Gasteiger charge is -2.16. The van der Waals surface area contributed by atoms with Crippen molar-refractivity contribution in [3.8, 4) is 5.75 Å². The van der Waals surface area contributed by atoms with E-state index in [9.17, 15) is 4.79 Å². The van der Waals surface area contributed by atoms with E-state index in [-0.39, 0.29) is 12.5 Å². The van der Waals surface area contributed by atoms with E-state index in [2.05, 4.69) is 25.9 Å². The van der Waals surface area contributed by atoms with E-state index >= 15 is 0 Å². The van der Waals surface area contributed by atoms with Gasteiger partial charge in [-0.2, -0.15) is 5.21 Å². The van der Waals surface area contributed by atoms with Crippen molar-refractivity contribution in [1.29, 1.82) is 0 Å². The van der Waals surface area contributed by atoms with E-state index in [1.807, 2.05) is 48.5 Å². The van der Waals surface area contributed by atoms with Crippen LogP contribution in [0, 0.1) is 0 Å². The van der Waals surface area contributed by atoms with Crippen LogP contribution in [0.5, 0.6) is 5.75 Å². The largest absolute Gasteiger partial charge is 0.484 e. The van der Waals surface area contributed by atoms with Gasteiger partial charge in [-0.1, -0.05) is 53.7 Å². The number of hydrogen-bond acceptors (Lipinski definition) is 5. The molecule has 1 amide bonds. The number of aromatic amines is 1. The Morgan fingerprint density at radius 1 is 1.09 bits per heavy atom. The van der Waals surface area contributed by atoms with Crippen molar-refractivity contribution >= 4 is 5.91 Å². The Bertz CT molecular complexity index is 732. The van der Waals surface area contributed by atoms with Gasteiger partial charge in [0.05, 0.1) is 0 Å². The van der Waals surface area contributed by atoms with Crippen molar-refractivity contribution in [2.45, 2.75) is 6.04 Å². The summed E-state index contributed by atoms with van der Waals surface area (Å²) in [6.07, 6.45) is 0. The van der Waals surface area contributed by atoms with Gasteiger partial charge in [0.1, 0.15) is 11.8 Å². The minimum atomic E-state index is -0.484. The molecule has 7 heteroatoms. The number of tetrazole rings is 1. The highest BCUT2D eigenvalue weighted by Crippen LogP contribution is 2.17. The number of H-pyrrole nitrogens is 1. The molecule has 2 N–H and O–H groups in total. The van der Waals surface area contributed by atoms with Crippen LogP contribution in [0.3, 0.4) is 0 Å². The van der Waals surface area contributed by atoms with Crippen LogP contribution in [-0.2, 0) is 4.79 Å². The molecule has 0 aliphatic carbocycles. The average molecular weight is 309 g/mol. The molecule has 0 bridgehead atoms. The molecule has 7 nitrogen and oxygen atoms in total. The fraction of sp³-hybridized carbons (Fsp3) is 0.125. The summed E-state index contributed by atoms with van der Waals surface area (Å²) >= 11 is 0. The number of nitrogens with one attached hydrogen (secondary N) is 2. The molecule has 2 aromatic carbocycles. The molecule has 0 aliphatic rings. The first-order valence-corrected chi connectivity index (χ1v) is 7.08. The Labute approximate surface area is 132 Å². The zero-order chi connectivity index (χ0) is 15.9. The summed E-state index contributed by atoms with van der Waals surface area (Å²) in [5.74, 6) is 0.759. The maximum absolute atomic E-state index is 12.2. The molecule has 0 unspecified atom stereocenters. The van der Waals surface area contributed by atoms with Crippen LogP contribution in [-0.4, -0.2) is 33.1 Å². The van der Waals surface area contributed by atoms with E-state index in [0.717, 1.165) is 5.56 Å². The van der Waals surface area contributed by atoms with Crippen LogP contribution < -0.4 is 10.1 Å². The van der Waals surface area contributed by atoms with Crippen LogP contribution in [0.2, 0.25) is 0 Å². The van der Waals surface area contributed by atoms with Gasteiger partial charge in [-0.05, 0) is 17.7 Å². The molecule has 0 spiro atoms. The highest BCUT2D eigenvalue weighted by Gasteiger charge is 2.20. The Morgan fingerprint density at radius 2 is 1.78 bits per heavy atom. The molecule has 0 aliphatic heterocycles. The van der Waals surface area contributed by atoms with E-state index in [4.69, 9.17) is 4.74 Å². The number of amides is 1. The monoisotopic (exact) mass is 309 g/mol. The SMILES string of the molecule is O=C(COc1ccccc1)N[C@@H](c1ccccc1)c1nn[nH]n1. The van der Waals surface area contributed by atoms with Crippen LogP contribution in [0.25, 0.3) is 0 Å². The number of rotatable bonds is 6. The molecule has 23 heavy (non-hydrogen) atoms. The maximum Gasteiger partial charge on any atom is 0.258 e. The lowest BCUT2D eigenvalue weighted by molar-refractivity contribution is -0.123. The van der Waals surface area contributed by atoms with Crippen molar-refractivity contribution in [2.24, 2.45) is 0 Å². The third-order valence-electron chi connectivity index (χ3n) is 3.17. The molecular formula is C16H15N5O2. The number of carbonyl (C=O) groups excluding carboxylic acids is 1. The number of nitrogens with zero attached hydrogens (tertiary/aromatic N) is 3. The lowest BCUT2D eigenvalue weighted by atomic mass is 10.1. The van der Waals surface area contributed by atoms with Gasteiger partial charge >= 0.3 is 0 Å². The van der Waals surface area contributed by atoms with Gasteiger partial charge in [0.2, 0.25) is 5.82 Å². The number of para-hydroxylation sites is 1. The third kappa shape index (κ3) is 3.91. The Hall–Kier alpha value is -3.22. The molecule has 0 saturated carbocycles. The standard InChI is InChI=1S/C16H15N5O2/c22-14(11-23-13-9-5-2-6-10-13)17-15(16-18-20-21-19-16)12-7-3-1-4-8-12/h1-10,15H,11H2,(H,17,22)(H,18,19,20,21)/t15-/m0/s1. The molecule has 1 atom stereocenters. The van der Waals surface area contributed by atoms with E-state index in [1.165, 1.54) is 0 Å². The summed E-state index contributed by atoms with van der Waals surface area (Å²) in [6.45, 7) is -0.0921. The first kappa shape index (κ1) is 14.7. The number of hydrogen-bond donors (Lipinski definition) is 2. The fourth-order valence-corrected chi connectivity index (χ4v) is 2.10. The minimum absolute atomic E-state index is 0.0921. The second-order valence-corrected chi connectivity index (χ2v) is 4.78. The van der Waals surface area contributed by atoms with Crippen molar-refractivity contribution in [3.63, 3.8) is 0 Å². The summed E-state index contributed by atoms with van der Waals surface area (Å²) in [6, 6.07) is 18.1. The molecule has 116 valence electrons. The summed E-state index contributed by atoms with van der Waals surface area (Å²) in [5, 5.41) is 16.7. The first-order valence-electron chi connectivity index (χ1n) is 7.08. The number of carbonyl (C=O) groups is 1. The molecule has 0 saturated heterocycles. The van der Waals surface area contributed by atoms with Crippen LogP contribution >= 0.6 is 0 Å². The Kier molecular flexibility index (Phi) is 4.58. The van der Waals surface area contributed by atoms with Crippen LogP contribution in [0.1, 0.15) is 17.4 Å². The van der Waals surface area contributed by atoms with Gasteiger partial charge in [0.15, 0.2) is 6.61 Å². The van der Waals surface area contributed by atoms with Gasteiger partial charge in [0.25, 0.3) is 5.91 Å². The van der Waals surface area contributed by atoms with Crippen molar-refractivity contribution < 1.29 is 9.53 Å². The molecule has 3 rings (SSSR count). The average Bonchev–Trinajstić information content (AvgIpc) is 3.14. The molecule has 1 aromatic heterocycles. The van der Waals surface area contributed by atoms with E-state index in [1.54, 1.807) is 12.1 Å². The summed E-state index contributed by atoms with van der Waals surface area (Å²) in [4.78, 5) is 12.2.